The van der Waals surface area contributed by atoms with Crippen LogP contribution in [0.2, 0.25) is 0 Å². The molecule has 1 fully saturated rings. The lowest BCUT2D eigenvalue weighted by Gasteiger charge is -2.35. The first-order valence-electron chi connectivity index (χ1n) is 7.09. The standard InChI is InChI=1S/C14H19N5OS/c1-12(19-3-2-15-10-19)14(20)18-6-4-17(5-7-18)8-13-9-21-11-16-13/h2-3,9-12H,4-8H2,1H3/t12-/m1/s1. The fourth-order valence-electron chi connectivity index (χ4n) is 2.56. The maximum atomic E-state index is 12.5. The Morgan fingerprint density at radius 1 is 1.38 bits per heavy atom. The van der Waals surface area contributed by atoms with Crippen LogP contribution in [0.1, 0.15) is 18.7 Å². The Labute approximate surface area is 128 Å². The van der Waals surface area contributed by atoms with E-state index in [4.69, 9.17) is 0 Å². The molecule has 112 valence electrons. The van der Waals surface area contributed by atoms with Crippen LogP contribution in [-0.4, -0.2) is 56.4 Å². The number of thiazole rings is 1. The van der Waals surface area contributed by atoms with E-state index in [9.17, 15) is 4.79 Å². The van der Waals surface area contributed by atoms with Gasteiger partial charge < -0.3 is 9.47 Å². The molecule has 0 spiro atoms. The van der Waals surface area contributed by atoms with E-state index < -0.39 is 0 Å². The van der Waals surface area contributed by atoms with Crippen molar-refractivity contribution in [2.75, 3.05) is 26.2 Å². The van der Waals surface area contributed by atoms with E-state index in [0.717, 1.165) is 38.4 Å². The Kier molecular flexibility index (Phi) is 4.31. The lowest BCUT2D eigenvalue weighted by atomic mass is 10.2. The highest BCUT2D eigenvalue weighted by Gasteiger charge is 2.25. The number of aromatic nitrogens is 3. The molecular formula is C14H19N5OS. The Morgan fingerprint density at radius 2 is 2.19 bits per heavy atom. The molecule has 7 heteroatoms. The molecule has 3 rings (SSSR count). The first-order chi connectivity index (χ1) is 10.2. The first kappa shape index (κ1) is 14.2. The SMILES string of the molecule is C[C@H](C(=O)N1CCN(Cc2cscn2)CC1)n1ccnc1. The third kappa shape index (κ3) is 3.30. The van der Waals surface area contributed by atoms with Gasteiger partial charge in [0.1, 0.15) is 6.04 Å². The van der Waals surface area contributed by atoms with E-state index in [2.05, 4.69) is 20.2 Å². The number of amides is 1. The van der Waals surface area contributed by atoms with Crippen molar-refractivity contribution in [3.05, 3.63) is 35.3 Å². The molecule has 0 unspecified atom stereocenters. The fourth-order valence-corrected chi connectivity index (χ4v) is 3.11. The molecular weight excluding hydrogens is 286 g/mol. The number of hydrogen-bond donors (Lipinski definition) is 0. The zero-order valence-corrected chi connectivity index (χ0v) is 12.9. The Hall–Kier alpha value is -1.73. The number of imidazole rings is 1. The minimum atomic E-state index is -0.183. The van der Waals surface area contributed by atoms with Crippen LogP contribution in [0.3, 0.4) is 0 Å². The van der Waals surface area contributed by atoms with Crippen molar-refractivity contribution in [3.63, 3.8) is 0 Å². The molecule has 1 aliphatic rings. The molecule has 0 aromatic carbocycles. The third-order valence-electron chi connectivity index (χ3n) is 3.88. The van der Waals surface area contributed by atoms with E-state index in [1.54, 1.807) is 23.9 Å². The molecule has 6 nitrogen and oxygen atoms in total. The molecule has 21 heavy (non-hydrogen) atoms. The van der Waals surface area contributed by atoms with E-state index >= 15 is 0 Å². The predicted octanol–water partition coefficient (Wildman–Crippen LogP) is 1.24. The Bertz CT molecular complexity index is 560. The molecule has 2 aromatic heterocycles. The van der Waals surface area contributed by atoms with Gasteiger partial charge in [0, 0.05) is 50.5 Å². The molecule has 0 bridgehead atoms. The monoisotopic (exact) mass is 305 g/mol. The fraction of sp³-hybridized carbons (Fsp3) is 0.500. The van der Waals surface area contributed by atoms with Crippen molar-refractivity contribution in [3.8, 4) is 0 Å². The minimum absolute atomic E-state index is 0.168. The number of rotatable bonds is 4. The van der Waals surface area contributed by atoms with Crippen LogP contribution in [-0.2, 0) is 11.3 Å². The second-order valence-corrected chi connectivity index (χ2v) is 5.99. The van der Waals surface area contributed by atoms with E-state index in [1.165, 1.54) is 0 Å². The lowest BCUT2D eigenvalue weighted by Crippen LogP contribution is -2.49. The second kappa shape index (κ2) is 6.36. The van der Waals surface area contributed by atoms with E-state index in [-0.39, 0.29) is 11.9 Å². The molecule has 1 aliphatic heterocycles. The summed E-state index contributed by atoms with van der Waals surface area (Å²) in [6, 6.07) is -0.183. The zero-order chi connectivity index (χ0) is 14.7. The molecule has 3 heterocycles. The Morgan fingerprint density at radius 3 is 2.81 bits per heavy atom. The van der Waals surface area contributed by atoms with Gasteiger partial charge in [-0.25, -0.2) is 9.97 Å². The van der Waals surface area contributed by atoms with Crippen molar-refractivity contribution in [2.45, 2.75) is 19.5 Å². The summed E-state index contributed by atoms with van der Waals surface area (Å²) in [5.74, 6) is 0.168. The molecule has 2 aromatic rings. The summed E-state index contributed by atoms with van der Waals surface area (Å²) in [5.41, 5.74) is 2.98. The van der Waals surface area contributed by atoms with Crippen LogP contribution in [0, 0.1) is 0 Å². The highest BCUT2D eigenvalue weighted by molar-refractivity contribution is 7.07. The molecule has 0 aliphatic carbocycles. The van der Waals surface area contributed by atoms with Gasteiger partial charge in [0.2, 0.25) is 5.91 Å². The van der Waals surface area contributed by atoms with Crippen LogP contribution in [0.5, 0.6) is 0 Å². The van der Waals surface area contributed by atoms with Gasteiger partial charge in [0.05, 0.1) is 17.5 Å². The number of carbonyl (C=O) groups is 1. The summed E-state index contributed by atoms with van der Waals surface area (Å²) in [5, 5.41) is 2.08. The maximum Gasteiger partial charge on any atom is 0.245 e. The van der Waals surface area contributed by atoms with Crippen molar-refractivity contribution in [2.24, 2.45) is 0 Å². The van der Waals surface area contributed by atoms with Crippen molar-refractivity contribution in [1.82, 2.24) is 24.3 Å². The molecule has 1 amide bonds. The molecule has 0 N–H and O–H groups in total. The van der Waals surface area contributed by atoms with Crippen LogP contribution in [0.15, 0.2) is 29.6 Å². The normalized spacial score (nSPS) is 17.9. The minimum Gasteiger partial charge on any atom is -0.338 e. The number of hydrogen-bond acceptors (Lipinski definition) is 5. The van der Waals surface area contributed by atoms with Gasteiger partial charge in [-0.2, -0.15) is 0 Å². The van der Waals surface area contributed by atoms with Gasteiger partial charge in [0.15, 0.2) is 0 Å². The van der Waals surface area contributed by atoms with Gasteiger partial charge in [-0.05, 0) is 6.92 Å². The first-order valence-corrected chi connectivity index (χ1v) is 8.04. The van der Waals surface area contributed by atoms with E-state index in [0.29, 0.717) is 0 Å². The quantitative estimate of drug-likeness (QED) is 0.853. The van der Waals surface area contributed by atoms with Gasteiger partial charge in [-0.1, -0.05) is 0 Å². The van der Waals surface area contributed by atoms with Gasteiger partial charge in [-0.15, -0.1) is 11.3 Å². The summed E-state index contributed by atoms with van der Waals surface area (Å²) in [6.45, 7) is 6.16. The summed E-state index contributed by atoms with van der Waals surface area (Å²) in [7, 11) is 0. The van der Waals surface area contributed by atoms with Crippen molar-refractivity contribution in [1.29, 1.82) is 0 Å². The smallest absolute Gasteiger partial charge is 0.245 e. The summed E-state index contributed by atoms with van der Waals surface area (Å²) in [6.07, 6.45) is 5.23. The second-order valence-electron chi connectivity index (χ2n) is 5.27. The predicted molar refractivity (Wildman–Crippen MR) is 80.9 cm³/mol. The van der Waals surface area contributed by atoms with Crippen LogP contribution >= 0.6 is 11.3 Å². The molecule has 1 saturated heterocycles. The number of nitrogens with zero attached hydrogens (tertiary/aromatic N) is 5. The van der Waals surface area contributed by atoms with Crippen LogP contribution in [0.25, 0.3) is 0 Å². The highest BCUT2D eigenvalue weighted by Crippen LogP contribution is 2.13. The Balaban J connectivity index is 1.52. The molecule has 0 radical (unpaired) electrons. The zero-order valence-electron chi connectivity index (χ0n) is 12.1. The average molecular weight is 305 g/mol. The van der Waals surface area contributed by atoms with Gasteiger partial charge in [0.25, 0.3) is 0 Å². The average Bonchev–Trinajstić information content (AvgIpc) is 3.20. The summed E-state index contributed by atoms with van der Waals surface area (Å²) < 4.78 is 1.85. The van der Waals surface area contributed by atoms with Gasteiger partial charge in [-0.3, -0.25) is 9.69 Å². The van der Waals surface area contributed by atoms with Crippen molar-refractivity contribution < 1.29 is 4.79 Å². The number of piperazine rings is 1. The topological polar surface area (TPSA) is 54.3 Å². The van der Waals surface area contributed by atoms with Crippen LogP contribution in [0.4, 0.5) is 0 Å². The maximum absolute atomic E-state index is 12.5. The highest BCUT2D eigenvalue weighted by atomic mass is 32.1. The van der Waals surface area contributed by atoms with E-state index in [1.807, 2.05) is 28.1 Å². The molecule has 0 saturated carbocycles. The van der Waals surface area contributed by atoms with Crippen molar-refractivity contribution >= 4 is 17.2 Å². The summed E-state index contributed by atoms with van der Waals surface area (Å²) >= 11 is 1.63. The third-order valence-corrected chi connectivity index (χ3v) is 4.52. The van der Waals surface area contributed by atoms with Gasteiger partial charge >= 0.3 is 0 Å². The van der Waals surface area contributed by atoms with Crippen LogP contribution < -0.4 is 0 Å². The largest absolute Gasteiger partial charge is 0.338 e. The lowest BCUT2D eigenvalue weighted by molar-refractivity contribution is -0.136. The summed E-state index contributed by atoms with van der Waals surface area (Å²) in [4.78, 5) is 25.1. The molecule has 1 atom stereocenters. The number of carbonyl (C=O) groups excluding carboxylic acids is 1.